The minimum atomic E-state index is -0.236. The van der Waals surface area contributed by atoms with Gasteiger partial charge in [0.25, 0.3) is 0 Å². The summed E-state index contributed by atoms with van der Waals surface area (Å²) in [6.07, 6.45) is 3.87. The molecule has 8 heteroatoms. The van der Waals surface area contributed by atoms with Crippen molar-refractivity contribution in [2.24, 2.45) is 5.73 Å². The molecule has 1 saturated heterocycles. The van der Waals surface area contributed by atoms with Crippen LogP contribution in [0.3, 0.4) is 0 Å². The average Bonchev–Trinajstić information content (AvgIpc) is 3.36. The van der Waals surface area contributed by atoms with E-state index in [2.05, 4.69) is 21.8 Å². The molecular formula is C19H23Cl2N5O. The summed E-state index contributed by atoms with van der Waals surface area (Å²) < 4.78 is 0. The van der Waals surface area contributed by atoms with Crippen LogP contribution in [-0.2, 0) is 6.61 Å². The van der Waals surface area contributed by atoms with Crippen LogP contribution in [0.15, 0.2) is 18.2 Å². The highest BCUT2D eigenvalue weighted by atomic mass is 35.5. The zero-order valence-electron chi connectivity index (χ0n) is 15.2. The van der Waals surface area contributed by atoms with Gasteiger partial charge in [0.2, 0.25) is 0 Å². The van der Waals surface area contributed by atoms with Gasteiger partial charge in [-0.25, -0.2) is 9.97 Å². The minimum absolute atomic E-state index is 0.00199. The van der Waals surface area contributed by atoms with E-state index in [-0.39, 0.29) is 23.5 Å². The third kappa shape index (κ3) is 3.25. The third-order valence-corrected chi connectivity index (χ3v) is 6.44. The Balaban J connectivity index is 1.78. The quantitative estimate of drug-likeness (QED) is 0.720. The Hall–Kier alpha value is -1.60. The van der Waals surface area contributed by atoms with Gasteiger partial charge in [-0.05, 0) is 38.7 Å². The first kappa shape index (κ1) is 18.7. The second-order valence-corrected chi connectivity index (χ2v) is 8.73. The average molecular weight is 408 g/mol. The lowest BCUT2D eigenvalue weighted by atomic mass is 9.84. The van der Waals surface area contributed by atoms with Crippen LogP contribution in [0.2, 0.25) is 10.0 Å². The predicted octanol–water partition coefficient (Wildman–Crippen LogP) is 3.38. The van der Waals surface area contributed by atoms with Gasteiger partial charge in [0.15, 0.2) is 11.6 Å². The molecule has 1 aromatic heterocycles. The highest BCUT2D eigenvalue weighted by Gasteiger charge is 2.54. The number of piperidine rings is 1. The lowest BCUT2D eigenvalue weighted by Crippen LogP contribution is -2.55. The van der Waals surface area contributed by atoms with Gasteiger partial charge in [0, 0.05) is 23.2 Å². The number of nitrogens with two attached hydrogens (primary N) is 2. The van der Waals surface area contributed by atoms with Crippen LogP contribution in [0.4, 0.5) is 11.6 Å². The monoisotopic (exact) mass is 407 g/mol. The molecule has 1 saturated carbocycles. The molecular weight excluding hydrogens is 385 g/mol. The van der Waals surface area contributed by atoms with Gasteiger partial charge < -0.3 is 21.5 Å². The van der Waals surface area contributed by atoms with Crippen LogP contribution in [0.1, 0.15) is 38.3 Å². The largest absolute Gasteiger partial charge is 0.390 e. The molecule has 2 fully saturated rings. The van der Waals surface area contributed by atoms with E-state index in [1.807, 2.05) is 0 Å². The number of rotatable bonds is 3. The first-order valence-corrected chi connectivity index (χ1v) is 9.80. The molecule has 2 aliphatic rings. The molecule has 0 radical (unpaired) electrons. The van der Waals surface area contributed by atoms with Crippen molar-refractivity contribution in [2.45, 2.75) is 50.3 Å². The fourth-order valence-electron chi connectivity index (χ4n) is 4.14. The minimum Gasteiger partial charge on any atom is -0.390 e. The second-order valence-electron chi connectivity index (χ2n) is 7.94. The number of aliphatic hydroxyl groups is 1. The van der Waals surface area contributed by atoms with Crippen molar-refractivity contribution in [2.75, 3.05) is 17.2 Å². The molecule has 1 unspecified atom stereocenters. The molecule has 1 aliphatic carbocycles. The highest BCUT2D eigenvalue weighted by molar-refractivity contribution is 6.43. The molecule has 27 heavy (non-hydrogen) atoms. The normalized spacial score (nSPS) is 23.7. The van der Waals surface area contributed by atoms with Gasteiger partial charge in [-0.2, -0.15) is 0 Å². The van der Waals surface area contributed by atoms with Crippen LogP contribution < -0.4 is 16.4 Å². The molecule has 1 aliphatic heterocycles. The Morgan fingerprint density at radius 3 is 2.63 bits per heavy atom. The molecule has 1 spiro atoms. The summed E-state index contributed by atoms with van der Waals surface area (Å²) in [6.45, 7) is 2.63. The van der Waals surface area contributed by atoms with Crippen molar-refractivity contribution in [3.63, 3.8) is 0 Å². The Kier molecular flexibility index (Phi) is 4.50. The lowest BCUT2D eigenvalue weighted by molar-refractivity contribution is 0.271. The zero-order chi connectivity index (χ0) is 19.4. The number of aromatic nitrogens is 2. The number of hydrogen-bond donors (Lipinski definition) is 3. The summed E-state index contributed by atoms with van der Waals surface area (Å²) in [5.41, 5.74) is 14.0. The van der Waals surface area contributed by atoms with Gasteiger partial charge in [-0.3, -0.25) is 0 Å². The van der Waals surface area contributed by atoms with Crippen LogP contribution in [0, 0.1) is 0 Å². The predicted molar refractivity (Wildman–Crippen MR) is 109 cm³/mol. The fraction of sp³-hybridized carbons (Fsp3) is 0.474. The Morgan fingerprint density at radius 1 is 1.22 bits per heavy atom. The maximum Gasteiger partial charge on any atom is 0.155 e. The molecule has 0 amide bonds. The van der Waals surface area contributed by atoms with Crippen LogP contribution >= 0.6 is 23.2 Å². The van der Waals surface area contributed by atoms with Gasteiger partial charge in [0.05, 0.1) is 16.7 Å². The van der Waals surface area contributed by atoms with Gasteiger partial charge in [-0.1, -0.05) is 35.3 Å². The SMILES string of the molecule is CC1(N)CCN(c2nc(N)c(-c3cccc(Cl)c3Cl)nc2CO)C2(CC2)C1. The highest BCUT2D eigenvalue weighted by Crippen LogP contribution is 2.52. The molecule has 144 valence electrons. The van der Waals surface area contributed by atoms with Crippen molar-refractivity contribution < 1.29 is 5.11 Å². The number of nitrogens with zero attached hydrogens (tertiary/aromatic N) is 3. The van der Waals surface area contributed by atoms with Crippen molar-refractivity contribution in [3.8, 4) is 11.3 Å². The van der Waals surface area contributed by atoms with Crippen molar-refractivity contribution in [1.29, 1.82) is 0 Å². The second kappa shape index (κ2) is 6.48. The van der Waals surface area contributed by atoms with E-state index in [1.54, 1.807) is 18.2 Å². The molecule has 1 atom stereocenters. The van der Waals surface area contributed by atoms with E-state index in [9.17, 15) is 5.11 Å². The van der Waals surface area contributed by atoms with Gasteiger partial charge in [-0.15, -0.1) is 0 Å². The number of hydrogen-bond acceptors (Lipinski definition) is 6. The summed E-state index contributed by atoms with van der Waals surface area (Å²) in [7, 11) is 0. The Bertz CT molecular complexity index is 898. The van der Waals surface area contributed by atoms with Gasteiger partial charge >= 0.3 is 0 Å². The lowest BCUT2D eigenvalue weighted by Gasteiger charge is -2.45. The third-order valence-electron chi connectivity index (χ3n) is 5.63. The topological polar surface area (TPSA) is 101 Å². The Labute approximate surface area is 168 Å². The number of benzene rings is 1. The van der Waals surface area contributed by atoms with Gasteiger partial charge in [0.1, 0.15) is 11.4 Å². The van der Waals surface area contributed by atoms with Crippen LogP contribution in [0.5, 0.6) is 0 Å². The molecule has 1 aromatic carbocycles. The molecule has 6 nitrogen and oxygen atoms in total. The fourth-order valence-corrected chi connectivity index (χ4v) is 4.53. The van der Waals surface area contributed by atoms with E-state index in [0.717, 1.165) is 32.2 Å². The Morgan fingerprint density at radius 2 is 1.96 bits per heavy atom. The standard InChI is InChI=1S/C19H23Cl2N5O/c1-18(23)7-8-26(19(10-18)5-6-19)17-13(9-27)24-15(16(22)25-17)11-3-2-4-12(20)14(11)21/h2-4,27H,5-10,23H2,1H3,(H2,22,25). The summed E-state index contributed by atoms with van der Waals surface area (Å²) in [5.74, 6) is 0.910. The number of aliphatic hydroxyl groups excluding tert-OH is 1. The van der Waals surface area contributed by atoms with E-state index < -0.39 is 0 Å². The number of nitrogen functional groups attached to an aromatic ring is 1. The first-order chi connectivity index (χ1) is 12.8. The van der Waals surface area contributed by atoms with Crippen LogP contribution in [0.25, 0.3) is 11.3 Å². The summed E-state index contributed by atoms with van der Waals surface area (Å²) in [6, 6.07) is 5.27. The maximum absolute atomic E-state index is 9.97. The molecule has 4 rings (SSSR count). The number of halogens is 2. The van der Waals surface area contributed by atoms with Crippen molar-refractivity contribution in [1.82, 2.24) is 9.97 Å². The molecule has 2 aromatic rings. The first-order valence-electron chi connectivity index (χ1n) is 9.04. The summed E-state index contributed by atoms with van der Waals surface area (Å²) in [4.78, 5) is 11.5. The zero-order valence-corrected chi connectivity index (χ0v) is 16.7. The van der Waals surface area contributed by atoms with Crippen molar-refractivity contribution >= 4 is 34.8 Å². The van der Waals surface area contributed by atoms with E-state index in [0.29, 0.717) is 32.8 Å². The summed E-state index contributed by atoms with van der Waals surface area (Å²) in [5, 5.41) is 10.8. The van der Waals surface area contributed by atoms with Crippen LogP contribution in [-0.4, -0.2) is 32.7 Å². The summed E-state index contributed by atoms with van der Waals surface area (Å²) >= 11 is 12.5. The maximum atomic E-state index is 9.97. The van der Waals surface area contributed by atoms with E-state index in [4.69, 9.17) is 34.7 Å². The molecule has 5 N–H and O–H groups in total. The molecule has 2 heterocycles. The smallest absolute Gasteiger partial charge is 0.155 e. The van der Waals surface area contributed by atoms with Crippen molar-refractivity contribution in [3.05, 3.63) is 33.9 Å². The number of anilines is 2. The molecule has 0 bridgehead atoms. The van der Waals surface area contributed by atoms with E-state index in [1.165, 1.54) is 0 Å². The van der Waals surface area contributed by atoms with E-state index >= 15 is 0 Å².